The lowest BCUT2D eigenvalue weighted by Gasteiger charge is -2.36. The maximum absolute atomic E-state index is 12.6. The summed E-state index contributed by atoms with van der Waals surface area (Å²) >= 11 is 0. The summed E-state index contributed by atoms with van der Waals surface area (Å²) in [6.07, 6.45) is 8.48. The van der Waals surface area contributed by atoms with Crippen molar-refractivity contribution in [2.24, 2.45) is 5.92 Å². The number of carbonyl (C=O) groups is 1. The van der Waals surface area contributed by atoms with Gasteiger partial charge in [0.25, 0.3) is 0 Å². The minimum atomic E-state index is -0.847. The van der Waals surface area contributed by atoms with Crippen LogP contribution in [0, 0.1) is 5.92 Å². The maximum atomic E-state index is 12.6. The van der Waals surface area contributed by atoms with Crippen molar-refractivity contribution in [1.82, 2.24) is 4.57 Å². The standard InChI is InChI=1S/C20H25BN2O3/c21-15-7-4-8-17-19(15)16(10-23(17)11-20(25)12-26-13-20)22-18(24)9-14-5-2-1-3-6-14/h4,7-8,10,14,25H,1-3,5-6,9,11-13H2,(H,22,24). The number of aromatic nitrogens is 1. The highest BCUT2D eigenvalue weighted by molar-refractivity contribution is 6.40. The Morgan fingerprint density at radius 1 is 1.31 bits per heavy atom. The fraction of sp³-hybridized carbons (Fsp3) is 0.550. The lowest BCUT2D eigenvalue weighted by molar-refractivity contribution is -0.184. The minimum Gasteiger partial charge on any atom is -0.383 e. The molecule has 0 bridgehead atoms. The summed E-state index contributed by atoms with van der Waals surface area (Å²) in [7, 11) is 6.19. The Balaban J connectivity index is 1.56. The molecule has 4 rings (SSSR count). The number of anilines is 1. The molecule has 2 N–H and O–H groups in total. The van der Waals surface area contributed by atoms with Crippen molar-refractivity contribution >= 4 is 35.8 Å². The molecule has 6 heteroatoms. The fourth-order valence-corrected chi connectivity index (χ4v) is 4.21. The molecule has 1 saturated heterocycles. The van der Waals surface area contributed by atoms with Gasteiger partial charge in [0, 0.05) is 23.5 Å². The van der Waals surface area contributed by atoms with Gasteiger partial charge in [-0.3, -0.25) is 4.79 Å². The molecule has 136 valence electrons. The van der Waals surface area contributed by atoms with E-state index in [0.29, 0.717) is 37.6 Å². The Bertz CT molecular complexity index is 807. The summed E-state index contributed by atoms with van der Waals surface area (Å²) in [5.41, 5.74) is 1.42. The van der Waals surface area contributed by atoms with Crippen LogP contribution in [-0.2, 0) is 16.1 Å². The molecule has 1 aromatic heterocycles. The van der Waals surface area contributed by atoms with E-state index in [-0.39, 0.29) is 5.91 Å². The first-order valence-corrected chi connectivity index (χ1v) is 9.51. The van der Waals surface area contributed by atoms with Gasteiger partial charge in [-0.2, -0.15) is 0 Å². The van der Waals surface area contributed by atoms with E-state index in [1.807, 2.05) is 29.0 Å². The largest absolute Gasteiger partial charge is 0.383 e. The zero-order chi connectivity index (χ0) is 18.1. The molecule has 2 aliphatic rings. The van der Waals surface area contributed by atoms with Gasteiger partial charge in [-0.1, -0.05) is 36.9 Å². The van der Waals surface area contributed by atoms with Gasteiger partial charge in [0.1, 0.15) is 13.4 Å². The van der Waals surface area contributed by atoms with Gasteiger partial charge in [0.05, 0.1) is 25.4 Å². The smallest absolute Gasteiger partial charge is 0.224 e. The van der Waals surface area contributed by atoms with Crippen molar-refractivity contribution in [3.63, 3.8) is 0 Å². The number of rotatable bonds is 5. The Hall–Kier alpha value is -1.79. The number of nitrogens with one attached hydrogen (secondary N) is 1. The number of benzene rings is 1. The van der Waals surface area contributed by atoms with Crippen LogP contribution >= 0.6 is 0 Å². The lowest BCUT2D eigenvalue weighted by Crippen LogP contribution is -2.52. The van der Waals surface area contributed by atoms with Crippen LogP contribution < -0.4 is 10.8 Å². The first-order valence-electron chi connectivity index (χ1n) is 9.51. The molecule has 1 aliphatic heterocycles. The SMILES string of the molecule is [B]c1cccc2c1c(NC(=O)CC1CCCCC1)cn2CC1(O)COC1. The van der Waals surface area contributed by atoms with Crippen molar-refractivity contribution in [2.75, 3.05) is 18.5 Å². The van der Waals surface area contributed by atoms with Crippen LogP contribution in [0.15, 0.2) is 24.4 Å². The summed E-state index contributed by atoms with van der Waals surface area (Å²) in [5.74, 6) is 0.534. The number of hydrogen-bond acceptors (Lipinski definition) is 3. The molecule has 26 heavy (non-hydrogen) atoms. The van der Waals surface area contributed by atoms with Crippen LogP contribution in [0.2, 0.25) is 0 Å². The molecule has 0 atom stereocenters. The molecule has 0 spiro atoms. The lowest BCUT2D eigenvalue weighted by atomic mass is 9.87. The minimum absolute atomic E-state index is 0.0462. The number of fused-ring (bicyclic) bond motifs is 1. The molecule has 1 amide bonds. The molecule has 2 aromatic rings. The molecule has 5 nitrogen and oxygen atoms in total. The summed E-state index contributed by atoms with van der Waals surface area (Å²) in [4.78, 5) is 12.6. The second kappa shape index (κ2) is 7.08. The fourth-order valence-electron chi connectivity index (χ4n) is 4.21. The van der Waals surface area contributed by atoms with Crippen LogP contribution in [0.5, 0.6) is 0 Å². The van der Waals surface area contributed by atoms with E-state index in [9.17, 15) is 9.90 Å². The van der Waals surface area contributed by atoms with E-state index in [1.165, 1.54) is 19.3 Å². The molecular formula is C20H25BN2O3. The van der Waals surface area contributed by atoms with E-state index in [0.717, 1.165) is 29.4 Å². The summed E-state index contributed by atoms with van der Waals surface area (Å²) in [6, 6.07) is 5.69. The molecule has 0 unspecified atom stereocenters. The molecule has 1 saturated carbocycles. The zero-order valence-electron chi connectivity index (χ0n) is 15.0. The van der Waals surface area contributed by atoms with E-state index in [4.69, 9.17) is 12.6 Å². The second-order valence-corrected chi connectivity index (χ2v) is 7.89. The topological polar surface area (TPSA) is 63.5 Å². The molecule has 1 aromatic carbocycles. The summed E-state index contributed by atoms with van der Waals surface area (Å²) in [5, 5.41) is 14.3. The van der Waals surface area contributed by atoms with Gasteiger partial charge in [-0.15, -0.1) is 0 Å². The molecule has 2 heterocycles. The first kappa shape index (κ1) is 17.6. The highest BCUT2D eigenvalue weighted by atomic mass is 16.5. The van der Waals surface area contributed by atoms with E-state index in [2.05, 4.69) is 5.32 Å². The van der Waals surface area contributed by atoms with Gasteiger partial charge in [0.15, 0.2) is 0 Å². The Morgan fingerprint density at radius 3 is 2.77 bits per heavy atom. The molecular weight excluding hydrogens is 327 g/mol. The Morgan fingerprint density at radius 2 is 2.08 bits per heavy atom. The normalized spacial score (nSPS) is 20.0. The maximum Gasteiger partial charge on any atom is 0.224 e. The van der Waals surface area contributed by atoms with Gasteiger partial charge < -0.3 is 19.7 Å². The molecule has 1 aliphatic carbocycles. The van der Waals surface area contributed by atoms with Crippen molar-refractivity contribution in [3.05, 3.63) is 24.4 Å². The number of carbonyl (C=O) groups excluding carboxylic acids is 1. The number of hydrogen-bond donors (Lipinski definition) is 2. The summed E-state index contributed by atoms with van der Waals surface area (Å²) < 4.78 is 7.11. The van der Waals surface area contributed by atoms with Gasteiger partial charge in [-0.25, -0.2) is 0 Å². The highest BCUT2D eigenvalue weighted by Gasteiger charge is 2.37. The third kappa shape index (κ3) is 3.53. The third-order valence-corrected chi connectivity index (χ3v) is 5.62. The quantitative estimate of drug-likeness (QED) is 0.811. The number of nitrogens with zero attached hydrogens (tertiary/aromatic N) is 1. The Labute approximate surface area is 155 Å². The van der Waals surface area contributed by atoms with Gasteiger partial charge >= 0.3 is 0 Å². The molecule has 2 radical (unpaired) electrons. The van der Waals surface area contributed by atoms with Crippen LogP contribution in [0.1, 0.15) is 38.5 Å². The predicted octanol–water partition coefficient (Wildman–Crippen LogP) is 2.11. The Kier molecular flexibility index (Phi) is 4.80. The predicted molar refractivity (Wildman–Crippen MR) is 103 cm³/mol. The van der Waals surface area contributed by atoms with Crippen LogP contribution in [0.4, 0.5) is 5.69 Å². The average molecular weight is 352 g/mol. The monoisotopic (exact) mass is 352 g/mol. The number of aliphatic hydroxyl groups is 1. The second-order valence-electron chi connectivity index (χ2n) is 7.89. The highest BCUT2D eigenvalue weighted by Crippen LogP contribution is 2.30. The van der Waals surface area contributed by atoms with Crippen molar-refractivity contribution in [3.8, 4) is 0 Å². The van der Waals surface area contributed by atoms with Crippen molar-refractivity contribution in [1.29, 1.82) is 0 Å². The van der Waals surface area contributed by atoms with Crippen molar-refractivity contribution in [2.45, 2.75) is 50.7 Å². The van der Waals surface area contributed by atoms with E-state index in [1.54, 1.807) is 0 Å². The summed E-state index contributed by atoms with van der Waals surface area (Å²) in [6.45, 7) is 1.09. The average Bonchev–Trinajstić information content (AvgIpc) is 2.93. The van der Waals surface area contributed by atoms with Gasteiger partial charge in [-0.05, 0) is 24.8 Å². The van der Waals surface area contributed by atoms with Crippen LogP contribution in [-0.4, -0.2) is 42.2 Å². The van der Waals surface area contributed by atoms with Crippen LogP contribution in [0.25, 0.3) is 10.9 Å². The number of amides is 1. The van der Waals surface area contributed by atoms with E-state index < -0.39 is 5.60 Å². The third-order valence-electron chi connectivity index (χ3n) is 5.62. The van der Waals surface area contributed by atoms with E-state index >= 15 is 0 Å². The van der Waals surface area contributed by atoms with Gasteiger partial charge in [0.2, 0.25) is 5.91 Å². The van der Waals surface area contributed by atoms with Crippen LogP contribution in [0.3, 0.4) is 0 Å². The first-order chi connectivity index (χ1) is 12.5. The van der Waals surface area contributed by atoms with Crippen molar-refractivity contribution < 1.29 is 14.6 Å². The molecule has 2 fully saturated rings. The number of ether oxygens (including phenoxy) is 1. The zero-order valence-corrected chi connectivity index (χ0v) is 15.0.